The third-order valence-electron chi connectivity index (χ3n) is 1.58. The van der Waals surface area contributed by atoms with Crippen molar-refractivity contribution in [3.63, 3.8) is 0 Å². The van der Waals surface area contributed by atoms with Crippen molar-refractivity contribution >= 4 is 11.8 Å². The monoisotopic (exact) mass is 188 g/mol. The lowest BCUT2D eigenvalue weighted by Gasteiger charge is -2.26. The SMILES string of the molecule is C=CC(O)C(O)(CC(N)=O)C(N)=O. The van der Waals surface area contributed by atoms with E-state index in [1.165, 1.54) is 0 Å². The molecule has 2 unspecified atom stereocenters. The molecule has 6 heteroatoms. The smallest absolute Gasteiger partial charge is 0.253 e. The van der Waals surface area contributed by atoms with Crippen molar-refractivity contribution in [2.75, 3.05) is 0 Å². The fraction of sp³-hybridized carbons (Fsp3) is 0.429. The Morgan fingerprint density at radius 1 is 1.54 bits per heavy atom. The van der Waals surface area contributed by atoms with E-state index >= 15 is 0 Å². The lowest BCUT2D eigenvalue weighted by Crippen LogP contribution is -2.54. The van der Waals surface area contributed by atoms with Gasteiger partial charge in [0, 0.05) is 0 Å². The van der Waals surface area contributed by atoms with E-state index in [0.717, 1.165) is 6.08 Å². The third-order valence-corrected chi connectivity index (χ3v) is 1.58. The summed E-state index contributed by atoms with van der Waals surface area (Å²) < 4.78 is 0. The zero-order valence-electron chi connectivity index (χ0n) is 6.93. The third kappa shape index (κ3) is 2.53. The standard InChI is InChI=1S/C7H12N2O4/c1-2-4(10)7(13,6(9)12)3-5(8)11/h2,4,10,13H,1,3H2,(H2,8,11)(H2,9,12). The van der Waals surface area contributed by atoms with E-state index < -0.39 is 29.9 Å². The lowest BCUT2D eigenvalue weighted by molar-refractivity contribution is -0.151. The molecule has 0 saturated carbocycles. The minimum Gasteiger partial charge on any atom is -0.385 e. The Labute approximate surface area is 74.8 Å². The Bertz CT molecular complexity index is 241. The largest absolute Gasteiger partial charge is 0.385 e. The van der Waals surface area contributed by atoms with Crippen LogP contribution in [-0.2, 0) is 9.59 Å². The Morgan fingerprint density at radius 3 is 2.23 bits per heavy atom. The number of primary amides is 2. The van der Waals surface area contributed by atoms with Crippen molar-refractivity contribution in [1.82, 2.24) is 0 Å². The van der Waals surface area contributed by atoms with Crippen LogP contribution in [0, 0.1) is 0 Å². The van der Waals surface area contributed by atoms with Gasteiger partial charge in [-0.1, -0.05) is 6.08 Å². The predicted octanol–water partition coefficient (Wildman–Crippen LogP) is -2.37. The number of nitrogens with two attached hydrogens (primary N) is 2. The summed E-state index contributed by atoms with van der Waals surface area (Å²) in [6.45, 7) is 3.15. The average molecular weight is 188 g/mol. The first-order valence-electron chi connectivity index (χ1n) is 3.45. The van der Waals surface area contributed by atoms with Gasteiger partial charge >= 0.3 is 0 Å². The average Bonchev–Trinajstić information content (AvgIpc) is 2.01. The predicted molar refractivity (Wildman–Crippen MR) is 44.2 cm³/mol. The van der Waals surface area contributed by atoms with Crippen molar-refractivity contribution in [2.45, 2.75) is 18.1 Å². The minimum absolute atomic E-state index is 0.741. The highest BCUT2D eigenvalue weighted by molar-refractivity contribution is 5.90. The molecular formula is C7H12N2O4. The van der Waals surface area contributed by atoms with Crippen LogP contribution in [0.3, 0.4) is 0 Å². The minimum atomic E-state index is -2.37. The molecule has 0 bridgehead atoms. The van der Waals surface area contributed by atoms with Gasteiger partial charge in [-0.3, -0.25) is 9.59 Å². The van der Waals surface area contributed by atoms with E-state index in [-0.39, 0.29) is 0 Å². The number of amides is 2. The Balaban J connectivity index is 4.82. The zero-order chi connectivity index (χ0) is 10.6. The molecule has 0 radical (unpaired) electrons. The van der Waals surface area contributed by atoms with Crippen LogP contribution in [0.2, 0.25) is 0 Å². The summed E-state index contributed by atoms with van der Waals surface area (Å²) in [7, 11) is 0. The number of rotatable bonds is 5. The van der Waals surface area contributed by atoms with Gasteiger partial charge in [0.05, 0.1) is 6.42 Å². The molecule has 0 aliphatic heterocycles. The van der Waals surface area contributed by atoms with Crippen molar-refractivity contribution in [3.05, 3.63) is 12.7 Å². The van der Waals surface area contributed by atoms with E-state index in [1.54, 1.807) is 0 Å². The summed E-state index contributed by atoms with van der Waals surface area (Å²) in [5.41, 5.74) is 7.18. The zero-order valence-corrected chi connectivity index (χ0v) is 6.93. The summed E-state index contributed by atoms with van der Waals surface area (Å²) in [5.74, 6) is -2.17. The summed E-state index contributed by atoms with van der Waals surface area (Å²) in [6.07, 6.45) is -1.46. The normalized spacial score (nSPS) is 17.1. The molecule has 0 aromatic carbocycles. The van der Waals surface area contributed by atoms with Crippen molar-refractivity contribution in [2.24, 2.45) is 11.5 Å². The number of carbonyl (C=O) groups is 2. The molecule has 2 atom stereocenters. The molecule has 0 aliphatic carbocycles. The van der Waals surface area contributed by atoms with Gasteiger partial charge in [0.25, 0.3) is 5.91 Å². The second-order valence-corrected chi connectivity index (χ2v) is 2.61. The molecule has 0 aromatic rings. The van der Waals surface area contributed by atoms with Gasteiger partial charge in [0.15, 0.2) is 5.60 Å². The van der Waals surface area contributed by atoms with Crippen LogP contribution in [-0.4, -0.2) is 33.7 Å². The number of aliphatic hydroxyl groups is 2. The van der Waals surface area contributed by atoms with E-state index in [4.69, 9.17) is 16.6 Å². The van der Waals surface area contributed by atoms with Crippen LogP contribution in [0.5, 0.6) is 0 Å². The molecule has 2 amide bonds. The van der Waals surface area contributed by atoms with Gasteiger partial charge in [0.1, 0.15) is 6.10 Å². The maximum absolute atomic E-state index is 10.7. The van der Waals surface area contributed by atoms with Crippen LogP contribution in [0.25, 0.3) is 0 Å². The second kappa shape index (κ2) is 4.01. The molecule has 0 aliphatic rings. The van der Waals surface area contributed by atoms with Crippen LogP contribution in [0.1, 0.15) is 6.42 Å². The molecule has 0 spiro atoms. The molecule has 13 heavy (non-hydrogen) atoms. The Hall–Kier alpha value is -1.40. The lowest BCUT2D eigenvalue weighted by atomic mass is 9.91. The molecule has 0 heterocycles. The van der Waals surface area contributed by atoms with Crippen LogP contribution in [0.4, 0.5) is 0 Å². The summed E-state index contributed by atoms with van der Waals surface area (Å²) in [6, 6.07) is 0. The van der Waals surface area contributed by atoms with E-state index in [1.807, 2.05) is 0 Å². The summed E-state index contributed by atoms with van der Waals surface area (Å²) >= 11 is 0. The van der Waals surface area contributed by atoms with Crippen LogP contribution in [0.15, 0.2) is 12.7 Å². The molecule has 74 valence electrons. The van der Waals surface area contributed by atoms with Crippen LogP contribution >= 0.6 is 0 Å². The van der Waals surface area contributed by atoms with Gasteiger partial charge in [-0.15, -0.1) is 6.58 Å². The molecule has 6 nitrogen and oxygen atoms in total. The first-order chi connectivity index (χ1) is 5.84. The van der Waals surface area contributed by atoms with Gasteiger partial charge in [-0.05, 0) is 0 Å². The van der Waals surface area contributed by atoms with Crippen molar-refractivity contribution < 1.29 is 19.8 Å². The van der Waals surface area contributed by atoms with Gasteiger partial charge in [-0.25, -0.2) is 0 Å². The first kappa shape index (κ1) is 11.6. The Morgan fingerprint density at radius 2 is 2.00 bits per heavy atom. The highest BCUT2D eigenvalue weighted by atomic mass is 16.4. The molecule has 0 rings (SSSR count). The van der Waals surface area contributed by atoms with Crippen LogP contribution < -0.4 is 11.5 Å². The maximum Gasteiger partial charge on any atom is 0.253 e. The summed E-state index contributed by atoms with van der Waals surface area (Å²) in [4.78, 5) is 21.2. The van der Waals surface area contributed by atoms with E-state index in [9.17, 15) is 14.7 Å². The van der Waals surface area contributed by atoms with Crippen molar-refractivity contribution in [3.8, 4) is 0 Å². The summed E-state index contributed by atoms with van der Waals surface area (Å²) in [5, 5.41) is 18.6. The highest BCUT2D eigenvalue weighted by Crippen LogP contribution is 2.15. The molecule has 0 saturated heterocycles. The number of aliphatic hydroxyl groups excluding tert-OH is 1. The topological polar surface area (TPSA) is 127 Å². The van der Waals surface area contributed by atoms with Gasteiger partial charge in [-0.2, -0.15) is 0 Å². The number of hydrogen-bond acceptors (Lipinski definition) is 4. The van der Waals surface area contributed by atoms with Gasteiger partial charge in [0.2, 0.25) is 5.91 Å². The number of carbonyl (C=O) groups excluding carboxylic acids is 2. The molecular weight excluding hydrogens is 176 g/mol. The maximum atomic E-state index is 10.7. The van der Waals surface area contributed by atoms with Gasteiger partial charge < -0.3 is 21.7 Å². The first-order valence-corrected chi connectivity index (χ1v) is 3.45. The fourth-order valence-corrected chi connectivity index (χ4v) is 0.798. The molecule has 0 fully saturated rings. The molecule has 0 aromatic heterocycles. The molecule has 6 N–H and O–H groups in total. The van der Waals surface area contributed by atoms with E-state index in [0.29, 0.717) is 0 Å². The quantitative estimate of drug-likeness (QED) is 0.359. The fourth-order valence-electron chi connectivity index (χ4n) is 0.798. The number of hydrogen-bond donors (Lipinski definition) is 4. The Kier molecular flexibility index (Phi) is 3.58. The van der Waals surface area contributed by atoms with Crippen molar-refractivity contribution in [1.29, 1.82) is 0 Å². The second-order valence-electron chi connectivity index (χ2n) is 2.61. The highest BCUT2D eigenvalue weighted by Gasteiger charge is 2.41. The van der Waals surface area contributed by atoms with E-state index in [2.05, 4.69) is 6.58 Å².